The average molecular weight is 453 g/mol. The van der Waals surface area contributed by atoms with Crippen molar-refractivity contribution >= 4 is 46.7 Å². The molecule has 0 bridgehead atoms. The summed E-state index contributed by atoms with van der Waals surface area (Å²) in [5.74, 6) is 0.312. The number of thioether (sulfide) groups is 1. The molecule has 156 valence electrons. The maximum absolute atomic E-state index is 12.2. The molecule has 0 aliphatic carbocycles. The summed E-state index contributed by atoms with van der Waals surface area (Å²) in [6, 6.07) is 9.46. The molecule has 1 fully saturated rings. The highest BCUT2D eigenvalue weighted by Crippen LogP contribution is 2.43. The molecule has 1 aromatic heterocycles. The van der Waals surface area contributed by atoms with Crippen LogP contribution in [0.2, 0.25) is 10.0 Å². The van der Waals surface area contributed by atoms with E-state index in [1.54, 1.807) is 0 Å². The third-order valence-corrected chi connectivity index (χ3v) is 7.26. The number of aromatic nitrogens is 1. The van der Waals surface area contributed by atoms with Gasteiger partial charge >= 0.3 is 0 Å². The molecule has 1 atom stereocenters. The summed E-state index contributed by atoms with van der Waals surface area (Å²) in [6.45, 7) is 5.73. The molecule has 8 heteroatoms. The molecule has 2 aromatic rings. The van der Waals surface area contributed by atoms with Gasteiger partial charge in [0.1, 0.15) is 16.1 Å². The molecule has 2 N–H and O–H groups in total. The summed E-state index contributed by atoms with van der Waals surface area (Å²) in [7, 11) is 2.12. The maximum atomic E-state index is 12.2. The number of nitrogens with two attached hydrogens (primary N) is 1. The summed E-state index contributed by atoms with van der Waals surface area (Å²) in [6.07, 6.45) is 1.72. The van der Waals surface area contributed by atoms with E-state index in [0.717, 1.165) is 49.5 Å². The van der Waals surface area contributed by atoms with Crippen molar-refractivity contribution in [3.8, 4) is 0 Å². The second-order valence-electron chi connectivity index (χ2n) is 7.16. The topological polar surface area (TPSA) is 62.5 Å². The Morgan fingerprint density at radius 1 is 1.17 bits per heavy atom. The number of amides is 1. The smallest absolute Gasteiger partial charge is 0.235 e. The molecule has 29 heavy (non-hydrogen) atoms. The van der Waals surface area contributed by atoms with Crippen LogP contribution >= 0.6 is 35.0 Å². The lowest BCUT2D eigenvalue weighted by Gasteiger charge is -2.25. The quantitative estimate of drug-likeness (QED) is 0.657. The first kappa shape index (κ1) is 22.2. The van der Waals surface area contributed by atoms with E-state index in [4.69, 9.17) is 33.9 Å². The molecular formula is C21H26Cl2N4OS. The van der Waals surface area contributed by atoms with E-state index >= 15 is 0 Å². The van der Waals surface area contributed by atoms with Gasteiger partial charge in [-0.15, -0.1) is 0 Å². The third kappa shape index (κ3) is 5.18. The van der Waals surface area contributed by atoms with E-state index in [1.165, 1.54) is 11.8 Å². The van der Waals surface area contributed by atoms with Crippen LogP contribution in [0.3, 0.4) is 0 Å². The number of benzene rings is 1. The number of halogens is 2. The Labute approximate surface area is 186 Å². The first-order chi connectivity index (χ1) is 13.9. The van der Waals surface area contributed by atoms with Crippen molar-refractivity contribution in [3.05, 3.63) is 51.5 Å². The fraction of sp³-hybridized carbons (Fsp3) is 0.429. The van der Waals surface area contributed by atoms with E-state index in [2.05, 4.69) is 16.8 Å². The van der Waals surface area contributed by atoms with Crippen molar-refractivity contribution in [2.45, 2.75) is 30.0 Å². The van der Waals surface area contributed by atoms with Crippen molar-refractivity contribution in [3.63, 3.8) is 0 Å². The van der Waals surface area contributed by atoms with E-state index in [-0.39, 0.29) is 0 Å². The van der Waals surface area contributed by atoms with Crippen LogP contribution in [0.15, 0.2) is 35.4 Å². The lowest BCUT2D eigenvalue weighted by atomic mass is 10.1. The Hall–Kier alpha value is -1.47. The highest BCUT2D eigenvalue weighted by atomic mass is 35.5. The summed E-state index contributed by atoms with van der Waals surface area (Å²) < 4.78 is 0. The van der Waals surface area contributed by atoms with Gasteiger partial charge in [0, 0.05) is 19.6 Å². The largest absolute Gasteiger partial charge is 0.368 e. The SMILES string of the molecule is CCc1c(Cl)c(SC(C(N)=O)c2ccccc2)nc(N2CCCN(C)CC2)c1Cl. The van der Waals surface area contributed by atoms with Gasteiger partial charge in [-0.25, -0.2) is 4.98 Å². The van der Waals surface area contributed by atoms with E-state index in [0.29, 0.717) is 21.5 Å². The third-order valence-electron chi connectivity index (χ3n) is 5.08. The highest BCUT2D eigenvalue weighted by Gasteiger charge is 2.26. The van der Waals surface area contributed by atoms with Gasteiger partial charge in [0.05, 0.1) is 10.0 Å². The van der Waals surface area contributed by atoms with Crippen molar-refractivity contribution in [2.75, 3.05) is 38.1 Å². The van der Waals surface area contributed by atoms with Crippen LogP contribution in [0.25, 0.3) is 0 Å². The second kappa shape index (κ2) is 10.0. The number of pyridine rings is 1. The first-order valence-corrected chi connectivity index (χ1v) is 11.4. The molecule has 5 nitrogen and oxygen atoms in total. The lowest BCUT2D eigenvalue weighted by molar-refractivity contribution is -0.117. The first-order valence-electron chi connectivity index (χ1n) is 9.74. The van der Waals surface area contributed by atoms with Crippen LogP contribution in [0.4, 0.5) is 5.82 Å². The Morgan fingerprint density at radius 2 is 1.90 bits per heavy atom. The molecule has 1 unspecified atom stereocenters. The van der Waals surface area contributed by atoms with Gasteiger partial charge in [-0.3, -0.25) is 4.79 Å². The highest BCUT2D eigenvalue weighted by molar-refractivity contribution is 8.00. The molecule has 0 radical (unpaired) electrons. The van der Waals surface area contributed by atoms with Gasteiger partial charge in [-0.05, 0) is 37.6 Å². The van der Waals surface area contributed by atoms with Gasteiger partial charge < -0.3 is 15.5 Å². The predicted molar refractivity (Wildman–Crippen MR) is 122 cm³/mol. The molecule has 1 aromatic carbocycles. The number of anilines is 1. The van der Waals surface area contributed by atoms with Gasteiger partial charge in [0.2, 0.25) is 5.91 Å². The van der Waals surface area contributed by atoms with Crippen LogP contribution < -0.4 is 10.6 Å². The summed E-state index contributed by atoms with van der Waals surface area (Å²) >= 11 is 14.7. The normalized spacial score (nSPS) is 16.5. The van der Waals surface area contributed by atoms with E-state index < -0.39 is 11.2 Å². The van der Waals surface area contributed by atoms with Gasteiger partial charge in [-0.2, -0.15) is 0 Å². The monoisotopic (exact) mass is 452 g/mol. The van der Waals surface area contributed by atoms with Gasteiger partial charge in [0.25, 0.3) is 0 Å². The molecule has 0 spiro atoms. The zero-order valence-electron chi connectivity index (χ0n) is 16.7. The Bertz CT molecular complexity index is 866. The molecule has 1 aliphatic rings. The number of likely N-dealkylation sites (N-methyl/N-ethyl adjacent to an activating group) is 1. The number of nitrogens with zero attached hydrogens (tertiary/aromatic N) is 3. The minimum absolute atomic E-state index is 0.426. The zero-order valence-corrected chi connectivity index (χ0v) is 19.0. The Morgan fingerprint density at radius 3 is 2.55 bits per heavy atom. The molecule has 1 aliphatic heterocycles. The van der Waals surface area contributed by atoms with Crippen LogP contribution in [0, 0.1) is 0 Å². The standard InChI is InChI=1S/C21H26Cl2N4OS/c1-3-15-16(22)20(27-11-7-10-26(2)12-13-27)25-21(17(15)23)29-18(19(24)28)14-8-5-4-6-9-14/h4-6,8-9,18H,3,7,10-13H2,1-2H3,(H2,24,28). The Kier molecular flexibility index (Phi) is 7.68. The average Bonchev–Trinajstić information content (AvgIpc) is 2.93. The summed E-state index contributed by atoms with van der Waals surface area (Å²) in [5, 5.41) is 1.12. The fourth-order valence-corrected chi connectivity index (χ4v) is 5.28. The number of carbonyl (C=O) groups excluding carboxylic acids is 1. The number of hydrogen-bond acceptors (Lipinski definition) is 5. The van der Waals surface area contributed by atoms with Crippen molar-refractivity contribution in [1.29, 1.82) is 0 Å². The molecule has 1 saturated heterocycles. The zero-order chi connectivity index (χ0) is 21.0. The lowest BCUT2D eigenvalue weighted by Crippen LogP contribution is -2.30. The van der Waals surface area contributed by atoms with Crippen LogP contribution in [0.1, 0.15) is 29.7 Å². The molecule has 3 rings (SSSR count). The predicted octanol–water partition coefficient (Wildman–Crippen LogP) is 4.41. The second-order valence-corrected chi connectivity index (χ2v) is 9.01. The van der Waals surface area contributed by atoms with Gasteiger partial charge in [-0.1, -0.05) is 72.2 Å². The van der Waals surface area contributed by atoms with Crippen LogP contribution in [-0.2, 0) is 11.2 Å². The summed E-state index contributed by atoms with van der Waals surface area (Å²) in [4.78, 5) is 21.5. The van der Waals surface area contributed by atoms with Gasteiger partial charge in [0.15, 0.2) is 0 Å². The minimum atomic E-state index is -0.574. The van der Waals surface area contributed by atoms with Crippen LogP contribution in [-0.4, -0.2) is 49.0 Å². The molecule has 2 heterocycles. The maximum Gasteiger partial charge on any atom is 0.235 e. The molecule has 0 saturated carbocycles. The minimum Gasteiger partial charge on any atom is -0.368 e. The number of rotatable bonds is 6. The number of carbonyl (C=O) groups is 1. The fourth-order valence-electron chi connectivity index (χ4n) is 3.44. The molecule has 1 amide bonds. The van der Waals surface area contributed by atoms with Crippen molar-refractivity contribution in [1.82, 2.24) is 9.88 Å². The van der Waals surface area contributed by atoms with E-state index in [9.17, 15) is 4.79 Å². The summed E-state index contributed by atoms with van der Waals surface area (Å²) in [5.41, 5.74) is 7.40. The Balaban J connectivity index is 2.00. The van der Waals surface area contributed by atoms with E-state index in [1.807, 2.05) is 37.3 Å². The molecular weight excluding hydrogens is 427 g/mol. The van der Waals surface area contributed by atoms with Crippen LogP contribution in [0.5, 0.6) is 0 Å². The number of primary amides is 1. The number of hydrogen-bond donors (Lipinski definition) is 1. The van der Waals surface area contributed by atoms with Crippen molar-refractivity contribution < 1.29 is 4.79 Å². The van der Waals surface area contributed by atoms with Crippen molar-refractivity contribution in [2.24, 2.45) is 5.73 Å².